The molecule has 126 valence electrons. The molecule has 0 aromatic heterocycles. The van der Waals surface area contributed by atoms with Gasteiger partial charge in [0.2, 0.25) is 0 Å². The fourth-order valence-electron chi connectivity index (χ4n) is 3.47. The third-order valence-electron chi connectivity index (χ3n) is 4.36. The summed E-state index contributed by atoms with van der Waals surface area (Å²) >= 11 is 0. The lowest BCUT2D eigenvalue weighted by Crippen LogP contribution is -2.31. The van der Waals surface area contributed by atoms with Gasteiger partial charge in [0.05, 0.1) is 0 Å². The van der Waals surface area contributed by atoms with Crippen molar-refractivity contribution in [3.05, 3.63) is 34.4 Å². The van der Waals surface area contributed by atoms with E-state index in [1.165, 1.54) is 0 Å². The van der Waals surface area contributed by atoms with Crippen LogP contribution in [0.5, 0.6) is 0 Å². The second-order valence-corrected chi connectivity index (χ2v) is 5.74. The fourth-order valence-corrected chi connectivity index (χ4v) is 3.47. The summed E-state index contributed by atoms with van der Waals surface area (Å²) in [7, 11) is 0. The lowest BCUT2D eigenvalue weighted by Gasteiger charge is -2.26. The van der Waals surface area contributed by atoms with Gasteiger partial charge in [-0.1, -0.05) is 0 Å². The van der Waals surface area contributed by atoms with Crippen molar-refractivity contribution in [1.82, 2.24) is 0 Å². The average Bonchev–Trinajstić information content (AvgIpc) is 2.78. The Bertz CT molecular complexity index is 683. The smallest absolute Gasteiger partial charge is 0.455 e. The quantitative estimate of drug-likeness (QED) is 0.336. The molecule has 2 bridgehead atoms. The summed E-state index contributed by atoms with van der Waals surface area (Å²) in [6.07, 6.45) is -6.66. The van der Waals surface area contributed by atoms with E-state index in [9.17, 15) is 35.5 Å². The lowest BCUT2D eigenvalue weighted by atomic mass is 9.81. The van der Waals surface area contributed by atoms with Gasteiger partial charge in [-0.15, -0.1) is 0 Å². The summed E-state index contributed by atoms with van der Waals surface area (Å²) in [6.45, 7) is 0. The van der Waals surface area contributed by atoms with Crippen molar-refractivity contribution in [3.63, 3.8) is 0 Å². The second-order valence-electron chi connectivity index (χ2n) is 5.74. The van der Waals surface area contributed by atoms with E-state index in [0.29, 0.717) is 0 Å². The molecule has 1 aromatic carbocycles. The van der Waals surface area contributed by atoms with Crippen molar-refractivity contribution in [2.24, 2.45) is 5.92 Å². The lowest BCUT2D eigenvalue weighted by molar-refractivity contribution is -0.205. The fraction of sp³-hybridized carbons (Fsp3) is 0.500. The van der Waals surface area contributed by atoms with Gasteiger partial charge in [-0.25, -0.2) is 22.4 Å². The van der Waals surface area contributed by atoms with Gasteiger partial charge in [0, 0.05) is 11.5 Å². The zero-order valence-electron chi connectivity index (χ0n) is 11.3. The SMILES string of the molecule is O=C(O[C@H]1C[C@@H]2Cc3c(F)c(F)c(F)c(F)c3[C@H]1C2)C(F)(F)F. The molecular formula is C14H9F7O2. The normalized spacial score (nSPS) is 26.1. The van der Waals surface area contributed by atoms with E-state index in [-0.39, 0.29) is 19.3 Å². The molecule has 0 amide bonds. The Morgan fingerprint density at radius 1 is 0.957 bits per heavy atom. The van der Waals surface area contributed by atoms with Crippen LogP contribution in [-0.4, -0.2) is 18.2 Å². The Hall–Kier alpha value is -1.80. The van der Waals surface area contributed by atoms with Crippen LogP contribution in [0.4, 0.5) is 30.7 Å². The molecule has 2 aliphatic rings. The highest BCUT2D eigenvalue weighted by Crippen LogP contribution is 2.50. The molecule has 23 heavy (non-hydrogen) atoms. The van der Waals surface area contributed by atoms with Gasteiger partial charge in [-0.2, -0.15) is 13.2 Å². The molecule has 9 heteroatoms. The molecule has 3 atom stereocenters. The van der Waals surface area contributed by atoms with Gasteiger partial charge < -0.3 is 4.74 Å². The summed E-state index contributed by atoms with van der Waals surface area (Å²) in [5, 5.41) is 0. The van der Waals surface area contributed by atoms with Crippen LogP contribution in [0.25, 0.3) is 0 Å². The molecule has 0 aliphatic heterocycles. The van der Waals surface area contributed by atoms with Crippen LogP contribution < -0.4 is 0 Å². The van der Waals surface area contributed by atoms with Crippen LogP contribution in [0, 0.1) is 29.2 Å². The first-order valence-electron chi connectivity index (χ1n) is 6.73. The highest BCUT2D eigenvalue weighted by Gasteiger charge is 2.49. The molecule has 0 heterocycles. The highest BCUT2D eigenvalue weighted by molar-refractivity contribution is 5.76. The molecular weight excluding hydrogens is 333 g/mol. The van der Waals surface area contributed by atoms with Crippen LogP contribution in [0.15, 0.2) is 0 Å². The number of alkyl halides is 3. The van der Waals surface area contributed by atoms with E-state index >= 15 is 0 Å². The maximum absolute atomic E-state index is 14.0. The zero-order chi connectivity index (χ0) is 17.1. The Balaban J connectivity index is 2.00. The van der Waals surface area contributed by atoms with Crippen molar-refractivity contribution in [2.75, 3.05) is 0 Å². The van der Waals surface area contributed by atoms with Crippen molar-refractivity contribution in [2.45, 2.75) is 37.5 Å². The predicted octanol–water partition coefficient (Wildman–Crippen LogP) is 3.77. The average molecular weight is 342 g/mol. The Kier molecular flexibility index (Phi) is 3.57. The van der Waals surface area contributed by atoms with Crippen molar-refractivity contribution >= 4 is 5.97 Å². The highest BCUT2D eigenvalue weighted by atomic mass is 19.4. The Morgan fingerprint density at radius 3 is 2.17 bits per heavy atom. The van der Waals surface area contributed by atoms with E-state index in [1.54, 1.807) is 0 Å². The Labute approximate surface area is 125 Å². The number of ether oxygens (including phenoxy) is 1. The van der Waals surface area contributed by atoms with Crippen LogP contribution in [-0.2, 0) is 16.0 Å². The summed E-state index contributed by atoms with van der Waals surface area (Å²) in [5.41, 5.74) is -0.927. The molecule has 2 aliphatic carbocycles. The monoisotopic (exact) mass is 342 g/mol. The van der Waals surface area contributed by atoms with Gasteiger partial charge in [-0.3, -0.25) is 0 Å². The van der Waals surface area contributed by atoms with E-state index < -0.39 is 64.5 Å². The van der Waals surface area contributed by atoms with Gasteiger partial charge in [0.15, 0.2) is 23.3 Å². The maximum atomic E-state index is 14.0. The van der Waals surface area contributed by atoms with Crippen LogP contribution in [0.1, 0.15) is 29.9 Å². The molecule has 0 N–H and O–H groups in total. The first-order valence-corrected chi connectivity index (χ1v) is 6.73. The zero-order valence-corrected chi connectivity index (χ0v) is 11.3. The van der Waals surface area contributed by atoms with Gasteiger partial charge in [-0.05, 0) is 30.7 Å². The second kappa shape index (κ2) is 5.10. The molecule has 1 fully saturated rings. The van der Waals surface area contributed by atoms with Crippen LogP contribution in [0.3, 0.4) is 0 Å². The first-order chi connectivity index (χ1) is 10.6. The number of fused-ring (bicyclic) bond motifs is 4. The third kappa shape index (κ3) is 2.46. The van der Waals surface area contributed by atoms with Gasteiger partial charge >= 0.3 is 12.1 Å². The minimum Gasteiger partial charge on any atom is -0.455 e. The van der Waals surface area contributed by atoms with Crippen molar-refractivity contribution in [1.29, 1.82) is 0 Å². The van der Waals surface area contributed by atoms with E-state index in [4.69, 9.17) is 0 Å². The molecule has 3 rings (SSSR count). The minimum absolute atomic E-state index is 0.0523. The topological polar surface area (TPSA) is 26.3 Å². The van der Waals surface area contributed by atoms with Crippen molar-refractivity contribution < 1.29 is 40.3 Å². The first kappa shape index (κ1) is 16.1. The van der Waals surface area contributed by atoms with Gasteiger partial charge in [0.1, 0.15) is 6.10 Å². The van der Waals surface area contributed by atoms with Gasteiger partial charge in [0.25, 0.3) is 0 Å². The number of carbonyl (C=O) groups is 1. The largest absolute Gasteiger partial charge is 0.490 e. The van der Waals surface area contributed by atoms with Crippen LogP contribution in [0.2, 0.25) is 0 Å². The number of hydrogen-bond acceptors (Lipinski definition) is 2. The number of hydrogen-bond donors (Lipinski definition) is 0. The summed E-state index contributed by atoms with van der Waals surface area (Å²) in [5.74, 6) is -11.1. The van der Waals surface area contributed by atoms with Crippen LogP contribution >= 0.6 is 0 Å². The number of halogens is 7. The molecule has 0 spiro atoms. The van der Waals surface area contributed by atoms with E-state index in [1.807, 2.05) is 0 Å². The molecule has 1 saturated carbocycles. The Morgan fingerprint density at radius 2 is 1.57 bits per heavy atom. The van der Waals surface area contributed by atoms with Crippen molar-refractivity contribution in [3.8, 4) is 0 Å². The number of benzene rings is 1. The molecule has 0 radical (unpaired) electrons. The number of carbonyl (C=O) groups excluding carboxylic acids is 1. The number of rotatable bonds is 1. The third-order valence-corrected chi connectivity index (χ3v) is 4.36. The minimum atomic E-state index is -5.22. The molecule has 1 aromatic rings. The summed E-state index contributed by atoms with van der Waals surface area (Å²) in [4.78, 5) is 10.9. The predicted molar refractivity (Wildman–Crippen MR) is 61.4 cm³/mol. The molecule has 0 unspecified atom stereocenters. The maximum Gasteiger partial charge on any atom is 0.490 e. The summed E-state index contributed by atoms with van der Waals surface area (Å²) in [6, 6.07) is 0. The standard InChI is InChI=1S/C14H9F7O2/c15-9-6-2-4-1-5(8(6)10(16)12(18)11(9)17)7(3-4)23-13(22)14(19,20)21/h4-5,7H,1-3H2/t4-,5-,7-/m0/s1. The number of esters is 1. The van der Waals surface area contributed by atoms with E-state index in [2.05, 4.69) is 4.74 Å². The van der Waals surface area contributed by atoms with E-state index in [0.717, 1.165) is 0 Å². The summed E-state index contributed by atoms with van der Waals surface area (Å²) < 4.78 is 95.7. The molecule has 2 nitrogen and oxygen atoms in total. The molecule has 0 saturated heterocycles.